The molecule has 0 spiro atoms. The van der Waals surface area contributed by atoms with Gasteiger partial charge in [-0.1, -0.05) is 49.4 Å². The largest absolute Gasteiger partial charge is 0.545 e. The first-order valence-electron chi connectivity index (χ1n) is 7.77. The van der Waals surface area contributed by atoms with Crippen LogP contribution in [0.1, 0.15) is 28.4 Å². The third kappa shape index (κ3) is 3.29. The van der Waals surface area contributed by atoms with Gasteiger partial charge in [0, 0.05) is 0 Å². The third-order valence-corrected chi connectivity index (χ3v) is 4.23. The number of carbonyl (C=O) groups is 2. The van der Waals surface area contributed by atoms with E-state index in [-0.39, 0.29) is 11.5 Å². The van der Waals surface area contributed by atoms with E-state index in [4.69, 9.17) is 12.2 Å². The number of hydrogen-bond acceptors (Lipinski definition) is 4. The Balaban J connectivity index is 1.92. The normalized spacial score (nSPS) is 15.6. The molecule has 25 heavy (non-hydrogen) atoms. The van der Waals surface area contributed by atoms with Gasteiger partial charge in [0.1, 0.15) is 5.70 Å². The number of para-hydroxylation sites is 1. The van der Waals surface area contributed by atoms with Crippen LogP contribution in [0.3, 0.4) is 0 Å². The molecule has 2 aromatic rings. The standard InChI is InChI=1S/C19H16N2O3S/c1-2-13-5-3-4-6-16(13)21-17(22)15(20-19(21)25)11-12-7-9-14(10-8-12)18(23)24/h3-11H,2H2,1H3,(H,20,25)(H,23,24)/p-1/b15-11+. The summed E-state index contributed by atoms with van der Waals surface area (Å²) in [7, 11) is 0. The number of carboxylic acid groups (broad SMARTS) is 1. The molecule has 0 radical (unpaired) electrons. The van der Waals surface area contributed by atoms with Gasteiger partial charge < -0.3 is 15.2 Å². The Labute approximate surface area is 150 Å². The molecule has 1 N–H and O–H groups in total. The minimum atomic E-state index is -1.24. The summed E-state index contributed by atoms with van der Waals surface area (Å²) in [5.74, 6) is -1.48. The van der Waals surface area contributed by atoms with E-state index < -0.39 is 5.97 Å². The number of hydrogen-bond donors (Lipinski definition) is 1. The highest BCUT2D eigenvalue weighted by atomic mass is 32.1. The van der Waals surface area contributed by atoms with E-state index in [0.717, 1.165) is 17.7 Å². The molecular formula is C19H15N2O3S-. The van der Waals surface area contributed by atoms with Gasteiger partial charge in [0.05, 0.1) is 11.7 Å². The maximum absolute atomic E-state index is 12.8. The van der Waals surface area contributed by atoms with E-state index in [0.29, 0.717) is 16.4 Å². The maximum atomic E-state index is 12.8. The van der Waals surface area contributed by atoms with Gasteiger partial charge in [0.15, 0.2) is 5.11 Å². The summed E-state index contributed by atoms with van der Waals surface area (Å²) in [6.45, 7) is 2.02. The zero-order chi connectivity index (χ0) is 18.0. The van der Waals surface area contributed by atoms with Crippen LogP contribution in [-0.4, -0.2) is 17.0 Å². The number of nitrogens with one attached hydrogen (secondary N) is 1. The summed E-state index contributed by atoms with van der Waals surface area (Å²) in [5, 5.41) is 14.0. The maximum Gasteiger partial charge on any atom is 0.281 e. The van der Waals surface area contributed by atoms with Crippen molar-refractivity contribution in [1.82, 2.24) is 5.32 Å². The quantitative estimate of drug-likeness (QED) is 0.673. The van der Waals surface area contributed by atoms with E-state index in [2.05, 4.69) is 5.32 Å². The Kier molecular flexibility index (Phi) is 4.63. The van der Waals surface area contributed by atoms with Crippen molar-refractivity contribution >= 4 is 41.0 Å². The zero-order valence-electron chi connectivity index (χ0n) is 13.5. The number of aromatic carboxylic acids is 1. The molecule has 0 atom stereocenters. The molecule has 3 rings (SSSR count). The van der Waals surface area contributed by atoms with Crippen LogP contribution >= 0.6 is 12.2 Å². The van der Waals surface area contributed by atoms with Gasteiger partial charge in [0.25, 0.3) is 5.91 Å². The molecule has 1 amide bonds. The van der Waals surface area contributed by atoms with E-state index in [1.165, 1.54) is 17.0 Å². The summed E-state index contributed by atoms with van der Waals surface area (Å²) in [6, 6.07) is 13.7. The highest BCUT2D eigenvalue weighted by Crippen LogP contribution is 2.26. The van der Waals surface area contributed by atoms with Gasteiger partial charge in [-0.2, -0.15) is 0 Å². The Morgan fingerprint density at radius 3 is 2.52 bits per heavy atom. The third-order valence-electron chi connectivity index (χ3n) is 3.95. The molecule has 2 aromatic carbocycles. The van der Waals surface area contributed by atoms with Crippen molar-refractivity contribution in [2.24, 2.45) is 0 Å². The van der Waals surface area contributed by atoms with Crippen LogP contribution in [0.5, 0.6) is 0 Å². The van der Waals surface area contributed by atoms with Crippen molar-refractivity contribution in [2.75, 3.05) is 4.90 Å². The highest BCUT2D eigenvalue weighted by Gasteiger charge is 2.32. The fourth-order valence-electron chi connectivity index (χ4n) is 2.66. The van der Waals surface area contributed by atoms with Crippen molar-refractivity contribution in [2.45, 2.75) is 13.3 Å². The van der Waals surface area contributed by atoms with E-state index in [1.807, 2.05) is 31.2 Å². The molecule has 126 valence electrons. The number of thiocarbonyl (C=S) groups is 1. The van der Waals surface area contributed by atoms with Crippen LogP contribution in [0.15, 0.2) is 54.2 Å². The SMILES string of the molecule is CCc1ccccc1N1C(=O)/C(=C\c2ccc(C(=O)[O-])cc2)NC1=S. The molecule has 0 bridgehead atoms. The summed E-state index contributed by atoms with van der Waals surface area (Å²) in [6.07, 6.45) is 2.43. The zero-order valence-corrected chi connectivity index (χ0v) is 14.3. The molecule has 1 saturated heterocycles. The predicted octanol–water partition coefficient (Wildman–Crippen LogP) is 1.87. The van der Waals surface area contributed by atoms with Crippen LogP contribution in [0.2, 0.25) is 0 Å². The lowest BCUT2D eigenvalue weighted by atomic mass is 10.1. The molecule has 0 saturated carbocycles. The van der Waals surface area contributed by atoms with Gasteiger partial charge in [-0.15, -0.1) is 0 Å². The van der Waals surface area contributed by atoms with Crippen LogP contribution in [0.4, 0.5) is 5.69 Å². The average molecular weight is 351 g/mol. The van der Waals surface area contributed by atoms with Crippen LogP contribution in [0, 0.1) is 0 Å². The first-order chi connectivity index (χ1) is 12.0. The van der Waals surface area contributed by atoms with E-state index in [1.54, 1.807) is 18.2 Å². The molecule has 6 heteroatoms. The molecule has 1 fully saturated rings. The Bertz CT molecular complexity index is 888. The first-order valence-corrected chi connectivity index (χ1v) is 8.18. The van der Waals surface area contributed by atoms with Gasteiger partial charge in [0.2, 0.25) is 0 Å². The van der Waals surface area contributed by atoms with Crippen molar-refractivity contribution < 1.29 is 14.7 Å². The Morgan fingerprint density at radius 1 is 1.20 bits per heavy atom. The minimum absolute atomic E-state index is 0.0851. The number of carboxylic acids is 1. The van der Waals surface area contributed by atoms with Gasteiger partial charge in [-0.3, -0.25) is 9.69 Å². The topological polar surface area (TPSA) is 72.5 Å². The molecule has 0 unspecified atom stereocenters. The Morgan fingerprint density at radius 2 is 1.88 bits per heavy atom. The fraction of sp³-hybridized carbons (Fsp3) is 0.105. The van der Waals surface area contributed by atoms with Gasteiger partial charge >= 0.3 is 0 Å². The smallest absolute Gasteiger partial charge is 0.281 e. The molecule has 1 aliphatic rings. The highest BCUT2D eigenvalue weighted by molar-refractivity contribution is 7.80. The predicted molar refractivity (Wildman–Crippen MR) is 97.8 cm³/mol. The second kappa shape index (κ2) is 6.86. The Hall–Kier alpha value is -2.99. The number of nitrogens with zero attached hydrogens (tertiary/aromatic N) is 1. The molecule has 1 heterocycles. The number of carbonyl (C=O) groups excluding carboxylic acids is 2. The lowest BCUT2D eigenvalue weighted by molar-refractivity contribution is -0.255. The number of anilines is 1. The second-order valence-electron chi connectivity index (χ2n) is 5.52. The molecule has 1 aliphatic heterocycles. The lowest BCUT2D eigenvalue weighted by Crippen LogP contribution is -2.31. The summed E-state index contributed by atoms with van der Waals surface area (Å²) in [4.78, 5) is 25.0. The van der Waals surface area contributed by atoms with E-state index in [9.17, 15) is 14.7 Å². The second-order valence-corrected chi connectivity index (χ2v) is 5.91. The monoisotopic (exact) mass is 351 g/mol. The molecule has 0 aliphatic carbocycles. The van der Waals surface area contributed by atoms with Crippen LogP contribution in [-0.2, 0) is 11.2 Å². The summed E-state index contributed by atoms with van der Waals surface area (Å²) >= 11 is 5.32. The fourth-order valence-corrected chi connectivity index (χ4v) is 2.96. The number of benzene rings is 2. The number of amides is 1. The van der Waals surface area contributed by atoms with Crippen LogP contribution in [0.25, 0.3) is 6.08 Å². The minimum Gasteiger partial charge on any atom is -0.545 e. The molecular weight excluding hydrogens is 336 g/mol. The van der Waals surface area contributed by atoms with E-state index >= 15 is 0 Å². The first kappa shape index (κ1) is 16.9. The summed E-state index contributed by atoms with van der Waals surface area (Å²) in [5.41, 5.74) is 2.91. The van der Waals surface area contributed by atoms with Gasteiger partial charge in [-0.05, 0) is 47.5 Å². The lowest BCUT2D eigenvalue weighted by Gasteiger charge is -2.17. The summed E-state index contributed by atoms with van der Waals surface area (Å²) < 4.78 is 0. The van der Waals surface area contributed by atoms with Crippen molar-refractivity contribution in [3.05, 3.63) is 70.9 Å². The van der Waals surface area contributed by atoms with Crippen LogP contribution < -0.4 is 15.3 Å². The van der Waals surface area contributed by atoms with Crippen molar-refractivity contribution in [1.29, 1.82) is 0 Å². The van der Waals surface area contributed by atoms with Crippen molar-refractivity contribution in [3.63, 3.8) is 0 Å². The number of aryl methyl sites for hydroxylation is 1. The number of rotatable bonds is 4. The van der Waals surface area contributed by atoms with Gasteiger partial charge in [-0.25, -0.2) is 0 Å². The van der Waals surface area contributed by atoms with Crippen molar-refractivity contribution in [3.8, 4) is 0 Å². The average Bonchev–Trinajstić information content (AvgIpc) is 2.89. The molecule has 0 aromatic heterocycles. The molecule has 5 nitrogen and oxygen atoms in total.